The van der Waals surface area contributed by atoms with E-state index in [-0.39, 0.29) is 6.10 Å². The molecule has 0 amide bonds. The van der Waals surface area contributed by atoms with E-state index in [2.05, 4.69) is 20.8 Å². The van der Waals surface area contributed by atoms with Crippen molar-refractivity contribution >= 4 is 31.5 Å². The SMILES string of the molecule is CC[Si](CC)(CC)OC(CCCC1(F)CCCC1)c1c(Cl)cccc1Cl. The number of hydrogen-bond acceptors (Lipinski definition) is 1. The molecule has 1 aromatic rings. The molecule has 0 spiro atoms. The Morgan fingerprint density at radius 3 is 2.12 bits per heavy atom. The largest absolute Gasteiger partial charge is 0.410 e. The van der Waals surface area contributed by atoms with Crippen molar-refractivity contribution < 1.29 is 8.82 Å². The minimum atomic E-state index is -1.82. The topological polar surface area (TPSA) is 9.23 Å². The molecule has 1 aliphatic rings. The second-order valence-electron chi connectivity index (χ2n) is 7.74. The van der Waals surface area contributed by atoms with Crippen LogP contribution in [0.3, 0.4) is 0 Å². The average molecular weight is 419 g/mol. The Hall–Kier alpha value is -0.0931. The van der Waals surface area contributed by atoms with Crippen molar-refractivity contribution in [2.24, 2.45) is 0 Å². The molecule has 0 N–H and O–H groups in total. The van der Waals surface area contributed by atoms with E-state index in [1.165, 1.54) is 0 Å². The maximum absolute atomic E-state index is 14.8. The second-order valence-corrected chi connectivity index (χ2v) is 13.3. The van der Waals surface area contributed by atoms with Gasteiger partial charge in [0.15, 0.2) is 8.32 Å². The van der Waals surface area contributed by atoms with Crippen molar-refractivity contribution in [3.63, 3.8) is 0 Å². The highest BCUT2D eigenvalue weighted by Crippen LogP contribution is 2.42. The molecule has 0 aliphatic heterocycles. The predicted octanol–water partition coefficient (Wildman–Crippen LogP) is 8.51. The Morgan fingerprint density at radius 2 is 1.62 bits per heavy atom. The summed E-state index contributed by atoms with van der Waals surface area (Å²) >= 11 is 13.0. The summed E-state index contributed by atoms with van der Waals surface area (Å²) in [6.45, 7) is 6.67. The summed E-state index contributed by atoms with van der Waals surface area (Å²) in [5, 5.41) is 1.31. The molecule has 1 unspecified atom stereocenters. The smallest absolute Gasteiger partial charge is 0.192 e. The molecule has 1 saturated carbocycles. The third-order valence-electron chi connectivity index (χ3n) is 6.24. The quantitative estimate of drug-likeness (QED) is 0.345. The molecule has 1 aliphatic carbocycles. The minimum Gasteiger partial charge on any atom is -0.410 e. The lowest BCUT2D eigenvalue weighted by Gasteiger charge is -2.34. The van der Waals surface area contributed by atoms with Crippen molar-refractivity contribution in [1.29, 1.82) is 0 Å². The third kappa shape index (κ3) is 5.47. The lowest BCUT2D eigenvalue weighted by atomic mass is 9.94. The average Bonchev–Trinajstić information content (AvgIpc) is 3.06. The first-order valence-electron chi connectivity index (χ1n) is 10.2. The molecule has 1 nitrogen and oxygen atoms in total. The molecule has 1 atom stereocenters. The van der Waals surface area contributed by atoms with Crippen molar-refractivity contribution in [2.75, 3.05) is 0 Å². The van der Waals surface area contributed by atoms with E-state index in [9.17, 15) is 4.39 Å². The fourth-order valence-corrected chi connectivity index (χ4v) is 7.73. The molecule has 0 radical (unpaired) electrons. The lowest BCUT2D eigenvalue weighted by molar-refractivity contribution is 0.132. The Balaban J connectivity index is 2.18. The summed E-state index contributed by atoms with van der Waals surface area (Å²) in [6.07, 6.45) is 5.54. The van der Waals surface area contributed by atoms with Crippen LogP contribution in [0.5, 0.6) is 0 Å². The van der Waals surface area contributed by atoms with Gasteiger partial charge in [-0.3, -0.25) is 0 Å². The Kier molecular flexibility index (Phi) is 8.46. The van der Waals surface area contributed by atoms with Gasteiger partial charge in [-0.2, -0.15) is 0 Å². The second kappa shape index (κ2) is 9.91. The van der Waals surface area contributed by atoms with Crippen LogP contribution in [0.25, 0.3) is 0 Å². The molecule has 0 aromatic heterocycles. The molecule has 148 valence electrons. The molecule has 0 heterocycles. The summed E-state index contributed by atoms with van der Waals surface area (Å²) in [7, 11) is -1.82. The summed E-state index contributed by atoms with van der Waals surface area (Å²) < 4.78 is 21.6. The van der Waals surface area contributed by atoms with Crippen molar-refractivity contribution in [1.82, 2.24) is 0 Å². The van der Waals surface area contributed by atoms with Crippen molar-refractivity contribution in [2.45, 2.75) is 95.6 Å². The number of halogens is 3. The first kappa shape index (κ1) is 22.2. The molecule has 26 heavy (non-hydrogen) atoms. The number of alkyl halides is 1. The van der Waals surface area contributed by atoms with E-state index in [0.29, 0.717) is 29.3 Å². The number of rotatable bonds is 10. The Labute approximate surface area is 169 Å². The van der Waals surface area contributed by atoms with Gasteiger partial charge in [0.25, 0.3) is 0 Å². The monoisotopic (exact) mass is 418 g/mol. The minimum absolute atomic E-state index is 0.132. The lowest BCUT2D eigenvalue weighted by Crippen LogP contribution is -2.37. The van der Waals surface area contributed by atoms with Crippen LogP contribution < -0.4 is 0 Å². The van der Waals surface area contributed by atoms with Gasteiger partial charge in [0, 0.05) is 15.6 Å². The molecule has 2 rings (SSSR count). The zero-order chi connectivity index (χ0) is 19.2. The number of hydrogen-bond donors (Lipinski definition) is 0. The first-order valence-corrected chi connectivity index (χ1v) is 13.5. The zero-order valence-electron chi connectivity index (χ0n) is 16.4. The third-order valence-corrected chi connectivity index (χ3v) is 11.5. The highest BCUT2D eigenvalue weighted by molar-refractivity contribution is 6.73. The van der Waals surface area contributed by atoms with E-state index < -0.39 is 14.0 Å². The standard InChI is InChI=1S/C21H33Cl2FOSi/c1-4-26(5-2,6-3)25-19(20-17(22)11-9-12-18(20)23)13-10-16-21(24)14-7-8-15-21/h9,11-12,19H,4-8,10,13-16H2,1-3H3. The van der Waals surface area contributed by atoms with E-state index >= 15 is 0 Å². The molecular weight excluding hydrogens is 386 g/mol. The van der Waals surface area contributed by atoms with E-state index in [1.54, 1.807) is 0 Å². The summed E-state index contributed by atoms with van der Waals surface area (Å²) in [6, 6.07) is 8.84. The molecule has 1 aromatic carbocycles. The fourth-order valence-electron chi connectivity index (χ4n) is 4.25. The molecule has 0 saturated heterocycles. The van der Waals surface area contributed by atoms with Crippen LogP contribution in [-0.4, -0.2) is 14.0 Å². The van der Waals surface area contributed by atoms with Crippen molar-refractivity contribution in [3.8, 4) is 0 Å². The fraction of sp³-hybridized carbons (Fsp3) is 0.714. The highest BCUT2D eigenvalue weighted by Gasteiger charge is 2.36. The van der Waals surface area contributed by atoms with Crippen LogP contribution in [0, 0.1) is 0 Å². The van der Waals surface area contributed by atoms with Gasteiger partial charge >= 0.3 is 0 Å². The van der Waals surface area contributed by atoms with Crippen LogP contribution in [-0.2, 0) is 4.43 Å². The predicted molar refractivity (Wildman–Crippen MR) is 114 cm³/mol. The maximum atomic E-state index is 14.8. The normalized spacial score (nSPS) is 18.2. The maximum Gasteiger partial charge on any atom is 0.192 e. The van der Waals surface area contributed by atoms with E-state index in [0.717, 1.165) is 49.4 Å². The molecular formula is C21H33Cl2FOSi. The van der Waals surface area contributed by atoms with Gasteiger partial charge in [-0.15, -0.1) is 0 Å². The van der Waals surface area contributed by atoms with Gasteiger partial charge in [-0.05, 0) is 62.4 Å². The molecule has 5 heteroatoms. The number of benzene rings is 1. The van der Waals surface area contributed by atoms with Crippen LogP contribution in [0.2, 0.25) is 28.2 Å². The summed E-state index contributed by atoms with van der Waals surface area (Å²) in [5.74, 6) is 0. The van der Waals surface area contributed by atoms with Gasteiger partial charge < -0.3 is 4.43 Å². The molecule has 0 bridgehead atoms. The van der Waals surface area contributed by atoms with Crippen LogP contribution in [0.15, 0.2) is 18.2 Å². The van der Waals surface area contributed by atoms with E-state index in [1.807, 2.05) is 18.2 Å². The van der Waals surface area contributed by atoms with Gasteiger partial charge in [0.2, 0.25) is 0 Å². The Morgan fingerprint density at radius 1 is 1.08 bits per heavy atom. The van der Waals surface area contributed by atoms with E-state index in [4.69, 9.17) is 27.6 Å². The van der Waals surface area contributed by atoms with Gasteiger partial charge in [-0.25, -0.2) is 4.39 Å². The molecule has 1 fully saturated rings. The van der Waals surface area contributed by atoms with Crippen LogP contribution >= 0.6 is 23.2 Å². The van der Waals surface area contributed by atoms with Gasteiger partial charge in [0.05, 0.1) is 6.10 Å². The highest BCUT2D eigenvalue weighted by atomic mass is 35.5. The summed E-state index contributed by atoms with van der Waals surface area (Å²) in [5.41, 5.74) is -0.0775. The van der Waals surface area contributed by atoms with Gasteiger partial charge in [0.1, 0.15) is 5.67 Å². The zero-order valence-corrected chi connectivity index (χ0v) is 18.9. The van der Waals surface area contributed by atoms with Gasteiger partial charge in [-0.1, -0.05) is 62.9 Å². The first-order chi connectivity index (χ1) is 12.4. The van der Waals surface area contributed by atoms with Crippen LogP contribution in [0.1, 0.15) is 77.4 Å². The Bertz CT molecular complexity index is 543. The van der Waals surface area contributed by atoms with Crippen LogP contribution in [0.4, 0.5) is 4.39 Å². The summed E-state index contributed by atoms with van der Waals surface area (Å²) in [4.78, 5) is 0. The van der Waals surface area contributed by atoms with Crippen molar-refractivity contribution in [3.05, 3.63) is 33.8 Å².